The van der Waals surface area contributed by atoms with Crippen LogP contribution in [0, 0.1) is 17.0 Å². The molecule has 0 amide bonds. The molecule has 0 aliphatic heterocycles. The van der Waals surface area contributed by atoms with Crippen LogP contribution in [0.3, 0.4) is 0 Å². The number of nitro benzene ring substituents is 1. The molecule has 1 heterocycles. The van der Waals surface area contributed by atoms with E-state index in [1.165, 1.54) is 6.07 Å². The summed E-state index contributed by atoms with van der Waals surface area (Å²) in [6.07, 6.45) is 1.73. The molecule has 2 aromatic rings. The summed E-state index contributed by atoms with van der Waals surface area (Å²) >= 11 is 0. The molecule has 1 aromatic heterocycles. The molecule has 0 fully saturated rings. The van der Waals surface area contributed by atoms with Crippen molar-refractivity contribution in [2.75, 3.05) is 5.32 Å². The van der Waals surface area contributed by atoms with E-state index in [4.69, 9.17) is 0 Å². The second-order valence-corrected chi connectivity index (χ2v) is 4.50. The average Bonchev–Trinajstić information content (AvgIpc) is 2.78. The Morgan fingerprint density at radius 2 is 2.16 bits per heavy atom. The second kappa shape index (κ2) is 5.09. The lowest BCUT2D eigenvalue weighted by atomic mass is 10.1. The zero-order valence-electron chi connectivity index (χ0n) is 11.1. The monoisotopic (exact) mass is 260 g/mol. The van der Waals surface area contributed by atoms with Gasteiger partial charge in [-0.05, 0) is 25.5 Å². The number of non-ortho nitro benzene ring substituents is 1. The summed E-state index contributed by atoms with van der Waals surface area (Å²) in [6.45, 7) is 3.91. The van der Waals surface area contributed by atoms with Crippen LogP contribution in [-0.4, -0.2) is 14.7 Å². The molecule has 1 aromatic carbocycles. The quantitative estimate of drug-likeness (QED) is 0.677. The maximum absolute atomic E-state index is 10.8. The van der Waals surface area contributed by atoms with E-state index in [0.29, 0.717) is 0 Å². The Morgan fingerprint density at radius 1 is 1.42 bits per heavy atom. The number of anilines is 1. The van der Waals surface area contributed by atoms with E-state index in [-0.39, 0.29) is 16.7 Å². The Morgan fingerprint density at radius 3 is 2.74 bits per heavy atom. The molecule has 1 atom stereocenters. The molecule has 6 nitrogen and oxygen atoms in total. The van der Waals surface area contributed by atoms with Crippen molar-refractivity contribution in [1.29, 1.82) is 0 Å². The van der Waals surface area contributed by atoms with E-state index < -0.39 is 0 Å². The number of nitrogens with one attached hydrogen (secondary N) is 1. The molecule has 0 bridgehead atoms. The molecule has 0 spiro atoms. The minimum absolute atomic E-state index is 0.0215. The van der Waals surface area contributed by atoms with E-state index in [1.54, 1.807) is 23.0 Å². The third kappa shape index (κ3) is 2.73. The Balaban J connectivity index is 2.26. The smallest absolute Gasteiger partial charge is 0.271 e. The molecule has 19 heavy (non-hydrogen) atoms. The van der Waals surface area contributed by atoms with Crippen molar-refractivity contribution >= 4 is 11.4 Å². The molecule has 0 saturated heterocycles. The lowest BCUT2D eigenvalue weighted by Crippen LogP contribution is -2.12. The van der Waals surface area contributed by atoms with Gasteiger partial charge in [0.1, 0.15) is 0 Å². The number of aryl methyl sites for hydroxylation is 2. The normalized spacial score (nSPS) is 12.2. The van der Waals surface area contributed by atoms with Crippen LogP contribution in [-0.2, 0) is 7.05 Å². The average molecular weight is 260 g/mol. The number of hydrogen-bond acceptors (Lipinski definition) is 4. The summed E-state index contributed by atoms with van der Waals surface area (Å²) in [6, 6.07) is 6.76. The predicted molar refractivity (Wildman–Crippen MR) is 73.1 cm³/mol. The lowest BCUT2D eigenvalue weighted by Gasteiger charge is -2.17. The summed E-state index contributed by atoms with van der Waals surface area (Å²) in [5.74, 6) is 0. The Labute approximate surface area is 111 Å². The Bertz CT molecular complexity index is 606. The van der Waals surface area contributed by atoms with Crippen molar-refractivity contribution in [3.05, 3.63) is 51.8 Å². The highest BCUT2D eigenvalue weighted by Gasteiger charge is 2.13. The molecule has 0 aliphatic carbocycles. The van der Waals surface area contributed by atoms with Gasteiger partial charge >= 0.3 is 0 Å². The molecular formula is C13H16N4O2. The standard InChI is InChI=1S/C13H16N4O2/c1-9-4-5-11(17(18)19)8-12(9)15-10(2)13-6-7-14-16(13)3/h4-8,10,15H,1-3H3. The van der Waals surface area contributed by atoms with Crippen molar-refractivity contribution < 1.29 is 4.92 Å². The number of benzene rings is 1. The predicted octanol–water partition coefficient (Wildman–Crippen LogP) is 2.81. The number of hydrogen-bond donors (Lipinski definition) is 1. The summed E-state index contributed by atoms with van der Waals surface area (Å²) in [5, 5.41) is 18.2. The van der Waals surface area contributed by atoms with Gasteiger partial charge in [0.2, 0.25) is 0 Å². The van der Waals surface area contributed by atoms with E-state index in [1.807, 2.05) is 27.0 Å². The molecular weight excluding hydrogens is 244 g/mol. The van der Waals surface area contributed by atoms with E-state index >= 15 is 0 Å². The molecule has 0 aliphatic rings. The first kappa shape index (κ1) is 13.1. The third-order valence-corrected chi connectivity index (χ3v) is 3.11. The van der Waals surface area contributed by atoms with Gasteiger partial charge in [0.25, 0.3) is 5.69 Å². The number of nitrogens with zero attached hydrogens (tertiary/aromatic N) is 3. The van der Waals surface area contributed by atoms with Gasteiger partial charge in [-0.2, -0.15) is 5.10 Å². The molecule has 1 N–H and O–H groups in total. The molecule has 0 radical (unpaired) electrons. The van der Waals surface area contributed by atoms with Gasteiger partial charge in [0, 0.05) is 31.1 Å². The molecule has 2 rings (SSSR count). The summed E-state index contributed by atoms with van der Waals surface area (Å²) in [5.41, 5.74) is 2.85. The van der Waals surface area contributed by atoms with Gasteiger partial charge in [-0.1, -0.05) is 6.07 Å². The van der Waals surface area contributed by atoms with Gasteiger partial charge < -0.3 is 5.32 Å². The van der Waals surface area contributed by atoms with Crippen LogP contribution in [0.4, 0.5) is 11.4 Å². The maximum atomic E-state index is 10.8. The van der Waals surface area contributed by atoms with Gasteiger partial charge in [0.05, 0.1) is 16.7 Å². The zero-order chi connectivity index (χ0) is 14.0. The fourth-order valence-corrected chi connectivity index (χ4v) is 2.00. The van der Waals surface area contributed by atoms with Gasteiger partial charge in [-0.3, -0.25) is 14.8 Å². The lowest BCUT2D eigenvalue weighted by molar-refractivity contribution is -0.384. The first-order valence-corrected chi connectivity index (χ1v) is 5.98. The fraction of sp³-hybridized carbons (Fsp3) is 0.308. The van der Waals surface area contributed by atoms with Crippen molar-refractivity contribution in [1.82, 2.24) is 9.78 Å². The van der Waals surface area contributed by atoms with E-state index in [0.717, 1.165) is 16.9 Å². The van der Waals surface area contributed by atoms with Crippen LogP contribution in [0.25, 0.3) is 0 Å². The minimum Gasteiger partial charge on any atom is -0.377 e. The van der Waals surface area contributed by atoms with Crippen LogP contribution in [0.2, 0.25) is 0 Å². The SMILES string of the molecule is Cc1ccc([N+](=O)[O-])cc1NC(C)c1ccnn1C. The van der Waals surface area contributed by atoms with Crippen LogP contribution in [0.15, 0.2) is 30.5 Å². The number of aromatic nitrogens is 2. The first-order valence-electron chi connectivity index (χ1n) is 5.98. The highest BCUT2D eigenvalue weighted by molar-refractivity contribution is 5.57. The maximum Gasteiger partial charge on any atom is 0.271 e. The van der Waals surface area contributed by atoms with E-state index in [9.17, 15) is 10.1 Å². The van der Waals surface area contributed by atoms with Gasteiger partial charge in [0.15, 0.2) is 0 Å². The van der Waals surface area contributed by atoms with Crippen LogP contribution in [0.5, 0.6) is 0 Å². The van der Waals surface area contributed by atoms with Crippen molar-refractivity contribution in [2.45, 2.75) is 19.9 Å². The Kier molecular flexibility index (Phi) is 3.50. The summed E-state index contributed by atoms with van der Waals surface area (Å²) < 4.78 is 1.78. The number of nitro groups is 1. The van der Waals surface area contributed by atoms with E-state index in [2.05, 4.69) is 10.4 Å². The first-order chi connectivity index (χ1) is 8.99. The highest BCUT2D eigenvalue weighted by atomic mass is 16.6. The largest absolute Gasteiger partial charge is 0.377 e. The van der Waals surface area contributed by atoms with Crippen molar-refractivity contribution in [2.24, 2.45) is 7.05 Å². The van der Waals surface area contributed by atoms with Crippen LogP contribution >= 0.6 is 0 Å². The zero-order valence-corrected chi connectivity index (χ0v) is 11.1. The highest BCUT2D eigenvalue weighted by Crippen LogP contribution is 2.25. The third-order valence-electron chi connectivity index (χ3n) is 3.11. The summed E-state index contributed by atoms with van der Waals surface area (Å²) in [7, 11) is 1.87. The minimum atomic E-state index is -0.390. The second-order valence-electron chi connectivity index (χ2n) is 4.50. The molecule has 6 heteroatoms. The molecule has 1 unspecified atom stereocenters. The van der Waals surface area contributed by atoms with Crippen molar-refractivity contribution in [3.8, 4) is 0 Å². The Hall–Kier alpha value is -2.37. The van der Waals surface area contributed by atoms with Gasteiger partial charge in [-0.25, -0.2) is 0 Å². The van der Waals surface area contributed by atoms with Crippen LogP contribution in [0.1, 0.15) is 24.2 Å². The van der Waals surface area contributed by atoms with Gasteiger partial charge in [-0.15, -0.1) is 0 Å². The topological polar surface area (TPSA) is 73.0 Å². The molecule has 100 valence electrons. The van der Waals surface area contributed by atoms with Crippen molar-refractivity contribution in [3.63, 3.8) is 0 Å². The fourth-order valence-electron chi connectivity index (χ4n) is 2.00. The number of rotatable bonds is 4. The van der Waals surface area contributed by atoms with Crippen LogP contribution < -0.4 is 5.32 Å². The summed E-state index contributed by atoms with van der Waals surface area (Å²) in [4.78, 5) is 10.4. The molecule has 0 saturated carbocycles.